The summed E-state index contributed by atoms with van der Waals surface area (Å²) >= 11 is 1.38. The Hall–Kier alpha value is -2.54. The molecule has 0 saturated heterocycles. The Morgan fingerprint density at radius 2 is 2.00 bits per heavy atom. The fourth-order valence-corrected chi connectivity index (χ4v) is 2.85. The molecule has 2 N–H and O–H groups in total. The van der Waals surface area contributed by atoms with Crippen LogP contribution in [0.2, 0.25) is 0 Å². The fourth-order valence-electron chi connectivity index (χ4n) is 1.93. The van der Waals surface area contributed by atoms with Crippen molar-refractivity contribution in [3.8, 4) is 5.75 Å². The molecule has 2 aromatic rings. The van der Waals surface area contributed by atoms with Crippen molar-refractivity contribution >= 4 is 29.0 Å². The highest BCUT2D eigenvalue weighted by Gasteiger charge is 2.13. The van der Waals surface area contributed by atoms with Gasteiger partial charge in [-0.1, -0.05) is 17.7 Å². The number of non-ortho nitro benzene ring substituents is 1. The van der Waals surface area contributed by atoms with E-state index in [4.69, 9.17) is 0 Å². The van der Waals surface area contributed by atoms with Gasteiger partial charge >= 0.3 is 0 Å². The minimum atomic E-state index is -0.583. The number of phenols is 1. The minimum Gasteiger partial charge on any atom is -0.506 e. The van der Waals surface area contributed by atoms with Crippen molar-refractivity contribution in [2.45, 2.75) is 18.7 Å². The summed E-state index contributed by atoms with van der Waals surface area (Å²) in [6.45, 7) is 3.94. The van der Waals surface area contributed by atoms with Crippen LogP contribution in [0.3, 0.4) is 0 Å². The number of carbonyl (C=O) groups is 1. The first-order valence-electron chi connectivity index (χ1n) is 6.84. The van der Waals surface area contributed by atoms with E-state index >= 15 is 0 Å². The lowest BCUT2D eigenvalue weighted by Gasteiger charge is -2.09. The largest absolute Gasteiger partial charge is 0.506 e. The lowest BCUT2D eigenvalue weighted by molar-refractivity contribution is -0.384. The van der Waals surface area contributed by atoms with Gasteiger partial charge in [0.05, 0.1) is 16.4 Å². The second-order valence-corrected chi connectivity index (χ2v) is 6.08. The molecule has 0 saturated carbocycles. The van der Waals surface area contributed by atoms with Crippen LogP contribution in [0, 0.1) is 24.0 Å². The van der Waals surface area contributed by atoms with Crippen LogP contribution in [0.15, 0.2) is 41.3 Å². The second kappa shape index (κ2) is 7.15. The molecule has 7 heteroatoms. The van der Waals surface area contributed by atoms with Gasteiger partial charge in [-0.05, 0) is 31.5 Å². The van der Waals surface area contributed by atoms with E-state index in [0.29, 0.717) is 0 Å². The molecule has 0 bridgehead atoms. The highest BCUT2D eigenvalue weighted by atomic mass is 32.2. The third-order valence-electron chi connectivity index (χ3n) is 3.17. The minimum absolute atomic E-state index is 0.0331. The van der Waals surface area contributed by atoms with Crippen LogP contribution >= 0.6 is 11.8 Å². The molecule has 23 heavy (non-hydrogen) atoms. The average molecular weight is 332 g/mol. The Kier molecular flexibility index (Phi) is 5.23. The number of amides is 1. The van der Waals surface area contributed by atoms with Gasteiger partial charge in [0.15, 0.2) is 0 Å². The van der Waals surface area contributed by atoms with E-state index < -0.39 is 4.92 Å². The van der Waals surface area contributed by atoms with Crippen molar-refractivity contribution in [3.63, 3.8) is 0 Å². The number of thioether (sulfide) groups is 1. The summed E-state index contributed by atoms with van der Waals surface area (Å²) in [5.41, 5.74) is 2.02. The van der Waals surface area contributed by atoms with Gasteiger partial charge in [0, 0.05) is 17.0 Å². The number of nitro benzene ring substituents is 1. The molecule has 0 heterocycles. The molecule has 1 amide bonds. The van der Waals surface area contributed by atoms with E-state index in [1.165, 1.54) is 23.9 Å². The molecule has 0 aliphatic carbocycles. The zero-order chi connectivity index (χ0) is 17.0. The number of nitrogens with one attached hydrogen (secondary N) is 1. The van der Waals surface area contributed by atoms with Crippen LogP contribution in [0.1, 0.15) is 11.1 Å². The Bertz CT molecular complexity index is 762. The number of carbonyl (C=O) groups excluding carboxylic acids is 1. The first kappa shape index (κ1) is 16.8. The van der Waals surface area contributed by atoms with E-state index in [-0.39, 0.29) is 28.8 Å². The molecule has 0 aromatic heterocycles. The van der Waals surface area contributed by atoms with Crippen LogP contribution < -0.4 is 5.32 Å². The number of hydrogen-bond acceptors (Lipinski definition) is 5. The molecule has 0 atom stereocenters. The average Bonchev–Trinajstić information content (AvgIpc) is 2.50. The summed E-state index contributed by atoms with van der Waals surface area (Å²) in [6, 6.07) is 9.48. The molecule has 0 spiro atoms. The molecule has 2 rings (SSSR count). The third kappa shape index (κ3) is 4.46. The highest BCUT2D eigenvalue weighted by Crippen LogP contribution is 2.29. The summed E-state index contributed by atoms with van der Waals surface area (Å²) in [5, 5.41) is 22.9. The zero-order valence-electron chi connectivity index (χ0n) is 12.7. The van der Waals surface area contributed by atoms with Gasteiger partial charge < -0.3 is 10.4 Å². The maximum atomic E-state index is 12.0. The van der Waals surface area contributed by atoms with E-state index in [2.05, 4.69) is 5.32 Å². The van der Waals surface area contributed by atoms with Crippen LogP contribution in [-0.2, 0) is 4.79 Å². The van der Waals surface area contributed by atoms with E-state index in [9.17, 15) is 20.0 Å². The summed E-state index contributed by atoms with van der Waals surface area (Å²) < 4.78 is 0. The number of nitro groups is 1. The van der Waals surface area contributed by atoms with Crippen LogP contribution in [0.25, 0.3) is 0 Å². The van der Waals surface area contributed by atoms with Gasteiger partial charge in [-0.2, -0.15) is 0 Å². The number of hydrogen-bond donors (Lipinski definition) is 2. The quantitative estimate of drug-likeness (QED) is 0.377. The van der Waals surface area contributed by atoms with E-state index in [1.807, 2.05) is 32.0 Å². The van der Waals surface area contributed by atoms with Gasteiger partial charge in [0.1, 0.15) is 5.75 Å². The van der Waals surface area contributed by atoms with Crippen molar-refractivity contribution < 1.29 is 14.8 Å². The molecular weight excluding hydrogens is 316 g/mol. The van der Waals surface area contributed by atoms with E-state index in [0.717, 1.165) is 22.1 Å². The number of rotatable bonds is 5. The summed E-state index contributed by atoms with van der Waals surface area (Å²) in [5.74, 6) is -0.403. The first-order chi connectivity index (χ1) is 10.9. The maximum absolute atomic E-state index is 12.0. The lowest BCUT2D eigenvalue weighted by atomic mass is 10.2. The number of anilines is 1. The molecular formula is C16H16N2O4S. The van der Waals surface area contributed by atoms with Gasteiger partial charge in [-0.25, -0.2) is 0 Å². The first-order valence-corrected chi connectivity index (χ1v) is 7.82. The second-order valence-electron chi connectivity index (χ2n) is 5.06. The highest BCUT2D eigenvalue weighted by molar-refractivity contribution is 8.00. The molecule has 2 aromatic carbocycles. The topological polar surface area (TPSA) is 92.5 Å². The third-order valence-corrected chi connectivity index (χ3v) is 4.32. The van der Waals surface area contributed by atoms with E-state index in [1.54, 1.807) is 0 Å². The van der Waals surface area contributed by atoms with Crippen LogP contribution in [0.4, 0.5) is 11.4 Å². The zero-order valence-corrected chi connectivity index (χ0v) is 13.5. The Labute approximate surface area is 137 Å². The van der Waals surface area contributed by atoms with Gasteiger partial charge in [-0.3, -0.25) is 14.9 Å². The Morgan fingerprint density at radius 3 is 2.70 bits per heavy atom. The molecule has 0 unspecified atom stereocenters. The molecule has 0 aliphatic heterocycles. The number of aryl methyl sites for hydroxylation is 2. The predicted octanol–water partition coefficient (Wildman–Crippen LogP) is 3.65. The van der Waals surface area contributed by atoms with Crippen molar-refractivity contribution in [1.82, 2.24) is 0 Å². The summed E-state index contributed by atoms with van der Waals surface area (Å²) in [7, 11) is 0. The SMILES string of the molecule is Cc1ccc(C)c(SCC(=O)Nc2cc([N+](=O)[O-])ccc2O)c1. The number of aromatic hydroxyl groups is 1. The Balaban J connectivity index is 2.04. The lowest BCUT2D eigenvalue weighted by Crippen LogP contribution is -2.14. The summed E-state index contributed by atoms with van der Waals surface area (Å²) in [4.78, 5) is 23.2. The Morgan fingerprint density at radius 1 is 1.26 bits per heavy atom. The maximum Gasteiger partial charge on any atom is 0.271 e. The van der Waals surface area contributed by atoms with Crippen molar-refractivity contribution in [2.75, 3.05) is 11.1 Å². The monoisotopic (exact) mass is 332 g/mol. The van der Waals surface area contributed by atoms with Gasteiger partial charge in [-0.15, -0.1) is 11.8 Å². The molecule has 0 radical (unpaired) electrons. The normalized spacial score (nSPS) is 10.3. The van der Waals surface area contributed by atoms with Crippen molar-refractivity contribution in [1.29, 1.82) is 0 Å². The van der Waals surface area contributed by atoms with Gasteiger partial charge in [0.25, 0.3) is 5.69 Å². The summed E-state index contributed by atoms with van der Waals surface area (Å²) in [6.07, 6.45) is 0. The number of nitrogens with zero attached hydrogens (tertiary/aromatic N) is 1. The smallest absolute Gasteiger partial charge is 0.271 e. The molecule has 6 nitrogen and oxygen atoms in total. The molecule has 0 aliphatic rings. The predicted molar refractivity (Wildman–Crippen MR) is 90.0 cm³/mol. The molecule has 120 valence electrons. The number of phenolic OH excluding ortho intramolecular Hbond substituents is 1. The van der Waals surface area contributed by atoms with Crippen molar-refractivity contribution in [2.24, 2.45) is 0 Å². The van der Waals surface area contributed by atoms with Gasteiger partial charge in [0.2, 0.25) is 5.91 Å². The fraction of sp³-hybridized carbons (Fsp3) is 0.188. The molecule has 0 fully saturated rings. The number of benzene rings is 2. The van der Waals surface area contributed by atoms with Crippen LogP contribution in [0.5, 0.6) is 5.75 Å². The van der Waals surface area contributed by atoms with Crippen LogP contribution in [-0.4, -0.2) is 21.7 Å². The standard InChI is InChI=1S/C16H16N2O4S/c1-10-3-4-11(2)15(7-10)23-9-16(20)17-13-8-12(18(21)22)5-6-14(13)19/h3-8,19H,9H2,1-2H3,(H,17,20). The van der Waals surface area contributed by atoms with Crippen molar-refractivity contribution in [3.05, 3.63) is 57.6 Å².